The Balaban J connectivity index is 2.35. The van der Waals surface area contributed by atoms with E-state index in [0.717, 1.165) is 16.5 Å². The normalized spacial score (nSPS) is 12.5. The van der Waals surface area contributed by atoms with Gasteiger partial charge in [0, 0.05) is 0 Å². The fourth-order valence-electron chi connectivity index (χ4n) is 1.96. The van der Waals surface area contributed by atoms with Gasteiger partial charge in [0.15, 0.2) is 0 Å². The van der Waals surface area contributed by atoms with E-state index in [1.807, 2.05) is 25.1 Å². The van der Waals surface area contributed by atoms with E-state index in [4.69, 9.17) is 9.84 Å². The third kappa shape index (κ3) is 3.06. The third-order valence-electron chi connectivity index (χ3n) is 3.12. The lowest BCUT2D eigenvalue weighted by Gasteiger charge is -2.04. The van der Waals surface area contributed by atoms with Gasteiger partial charge in [-0.3, -0.25) is 0 Å². The van der Waals surface area contributed by atoms with E-state index in [1.54, 1.807) is 6.08 Å². The van der Waals surface area contributed by atoms with Crippen molar-refractivity contribution >= 4 is 22.3 Å². The molecular weight excluding hydrogens is 252 g/mol. The van der Waals surface area contributed by atoms with Crippen LogP contribution in [0.25, 0.3) is 16.3 Å². The Morgan fingerprint density at radius 1 is 1.10 bits per heavy atom. The van der Waals surface area contributed by atoms with Crippen molar-refractivity contribution in [2.24, 2.45) is 0 Å². The second-order valence-corrected chi connectivity index (χ2v) is 4.45. The molecule has 2 aromatic rings. The Labute approximate surface area is 117 Å². The Morgan fingerprint density at radius 3 is 2.45 bits per heavy atom. The van der Waals surface area contributed by atoms with Gasteiger partial charge in [-0.1, -0.05) is 42.5 Å². The number of carbonyl (C=O) groups is 1. The third-order valence-corrected chi connectivity index (χ3v) is 3.12. The van der Waals surface area contributed by atoms with Crippen LogP contribution in [0.1, 0.15) is 12.5 Å². The highest BCUT2D eigenvalue weighted by atomic mass is 16.5. The van der Waals surface area contributed by atoms with Crippen molar-refractivity contribution in [3.8, 4) is 0 Å². The quantitative estimate of drug-likeness (QED) is 0.520. The van der Waals surface area contributed by atoms with E-state index in [-0.39, 0.29) is 5.76 Å². The number of carboxylic acids is 1. The summed E-state index contributed by atoms with van der Waals surface area (Å²) >= 11 is 0. The van der Waals surface area contributed by atoms with Gasteiger partial charge < -0.3 is 9.84 Å². The average molecular weight is 268 g/mol. The molecule has 3 nitrogen and oxygen atoms in total. The molecule has 20 heavy (non-hydrogen) atoms. The highest BCUT2D eigenvalue weighted by molar-refractivity contribution is 5.87. The van der Waals surface area contributed by atoms with Crippen molar-refractivity contribution in [1.82, 2.24) is 0 Å². The summed E-state index contributed by atoms with van der Waals surface area (Å²) in [7, 11) is 1.35. The van der Waals surface area contributed by atoms with Crippen molar-refractivity contribution in [3.63, 3.8) is 0 Å². The molecule has 2 aromatic carbocycles. The van der Waals surface area contributed by atoms with Gasteiger partial charge in [0.1, 0.15) is 0 Å². The Kier molecular flexibility index (Phi) is 4.20. The minimum absolute atomic E-state index is 0.0786. The molecule has 0 unspecified atom stereocenters. The maximum absolute atomic E-state index is 10.8. The molecule has 0 radical (unpaired) electrons. The van der Waals surface area contributed by atoms with E-state index in [0.29, 0.717) is 0 Å². The second kappa shape index (κ2) is 6.06. The average Bonchev–Trinajstić information content (AvgIpc) is 2.46. The summed E-state index contributed by atoms with van der Waals surface area (Å²) in [5.41, 5.74) is 2.03. The van der Waals surface area contributed by atoms with Crippen LogP contribution in [0.5, 0.6) is 0 Å². The van der Waals surface area contributed by atoms with Crippen LogP contribution < -0.4 is 0 Å². The lowest BCUT2D eigenvalue weighted by molar-refractivity contribution is -0.136. The maximum atomic E-state index is 10.8. The number of methoxy groups -OCH3 is 1. The van der Waals surface area contributed by atoms with Crippen LogP contribution in [0.4, 0.5) is 0 Å². The van der Waals surface area contributed by atoms with Gasteiger partial charge >= 0.3 is 5.97 Å². The minimum atomic E-state index is -1.07. The molecule has 0 heterocycles. The number of benzene rings is 2. The first-order chi connectivity index (χ1) is 9.61. The molecule has 0 spiro atoms. The molecular formula is C17H16O3. The monoisotopic (exact) mass is 268 g/mol. The minimum Gasteiger partial charge on any atom is -0.490 e. The number of rotatable bonds is 4. The summed E-state index contributed by atoms with van der Waals surface area (Å²) in [6.45, 7) is 1.94. The second-order valence-electron chi connectivity index (χ2n) is 4.45. The fourth-order valence-corrected chi connectivity index (χ4v) is 1.96. The predicted octanol–water partition coefficient (Wildman–Crippen LogP) is 3.86. The van der Waals surface area contributed by atoms with Gasteiger partial charge in [-0.15, -0.1) is 0 Å². The van der Waals surface area contributed by atoms with Gasteiger partial charge in [0.2, 0.25) is 5.76 Å². The van der Waals surface area contributed by atoms with Crippen molar-refractivity contribution < 1.29 is 14.6 Å². The first-order valence-corrected chi connectivity index (χ1v) is 6.27. The van der Waals surface area contributed by atoms with Crippen LogP contribution in [0.15, 0.2) is 60.4 Å². The Hall–Kier alpha value is -2.55. The summed E-state index contributed by atoms with van der Waals surface area (Å²) in [6, 6.07) is 14.3. The highest BCUT2D eigenvalue weighted by Gasteiger charge is 2.04. The van der Waals surface area contributed by atoms with Gasteiger partial charge in [0.25, 0.3) is 0 Å². The zero-order valence-electron chi connectivity index (χ0n) is 11.5. The molecule has 102 valence electrons. The molecule has 0 fully saturated rings. The van der Waals surface area contributed by atoms with Crippen molar-refractivity contribution in [2.45, 2.75) is 6.92 Å². The van der Waals surface area contributed by atoms with Crippen LogP contribution >= 0.6 is 0 Å². The first-order valence-electron chi connectivity index (χ1n) is 6.27. The number of hydrogen-bond acceptors (Lipinski definition) is 2. The van der Waals surface area contributed by atoms with Crippen LogP contribution in [0.2, 0.25) is 0 Å². The van der Waals surface area contributed by atoms with Crippen molar-refractivity contribution in [1.29, 1.82) is 0 Å². The molecule has 0 aliphatic rings. The standard InChI is InChI=1S/C17H16O3/c1-12(7-10-16(20-2)17(18)19)14-9-8-13-5-3-4-6-15(13)11-14/h3-11H,1-2H3,(H,18,19)/b12-7+,16-10+. The summed E-state index contributed by atoms with van der Waals surface area (Å²) in [6.07, 6.45) is 3.21. The lowest BCUT2D eigenvalue weighted by Crippen LogP contribution is -2.01. The number of allylic oxidation sites excluding steroid dienone is 3. The number of fused-ring (bicyclic) bond motifs is 1. The summed E-state index contributed by atoms with van der Waals surface area (Å²) in [5, 5.41) is 11.2. The van der Waals surface area contributed by atoms with Gasteiger partial charge in [-0.25, -0.2) is 4.79 Å². The summed E-state index contributed by atoms with van der Waals surface area (Å²) in [4.78, 5) is 10.8. The Morgan fingerprint density at radius 2 is 1.80 bits per heavy atom. The molecule has 0 atom stereocenters. The van der Waals surface area contributed by atoms with Crippen LogP contribution in [-0.4, -0.2) is 18.2 Å². The summed E-state index contributed by atoms with van der Waals surface area (Å²) < 4.78 is 4.79. The number of ether oxygens (including phenoxy) is 1. The summed E-state index contributed by atoms with van der Waals surface area (Å²) in [5.74, 6) is -1.15. The molecule has 0 amide bonds. The smallest absolute Gasteiger partial charge is 0.371 e. The molecule has 0 saturated carbocycles. The van der Waals surface area contributed by atoms with Crippen LogP contribution in [0.3, 0.4) is 0 Å². The first kappa shape index (κ1) is 13.9. The zero-order chi connectivity index (χ0) is 14.5. The molecule has 2 rings (SSSR count). The van der Waals surface area contributed by atoms with Crippen molar-refractivity contribution in [3.05, 3.63) is 65.9 Å². The number of carboxylic acid groups (broad SMARTS) is 1. The van der Waals surface area contributed by atoms with Gasteiger partial charge in [-0.2, -0.15) is 0 Å². The van der Waals surface area contributed by atoms with Gasteiger partial charge in [-0.05, 0) is 41.0 Å². The van der Waals surface area contributed by atoms with Crippen LogP contribution in [-0.2, 0) is 9.53 Å². The topological polar surface area (TPSA) is 46.5 Å². The van der Waals surface area contributed by atoms with Crippen LogP contribution in [0, 0.1) is 0 Å². The van der Waals surface area contributed by atoms with Gasteiger partial charge in [0.05, 0.1) is 7.11 Å². The number of hydrogen-bond donors (Lipinski definition) is 1. The zero-order valence-corrected chi connectivity index (χ0v) is 11.5. The van der Waals surface area contributed by atoms with E-state index in [9.17, 15) is 4.79 Å². The molecule has 3 heteroatoms. The van der Waals surface area contributed by atoms with E-state index >= 15 is 0 Å². The van der Waals surface area contributed by atoms with E-state index in [2.05, 4.69) is 24.3 Å². The number of aliphatic carboxylic acids is 1. The molecule has 0 aromatic heterocycles. The van der Waals surface area contributed by atoms with E-state index < -0.39 is 5.97 Å². The SMILES string of the molecule is CO/C(=C/C=C(\C)c1ccc2ccccc2c1)C(=O)O. The predicted molar refractivity (Wildman–Crippen MR) is 80.3 cm³/mol. The molecule has 1 N–H and O–H groups in total. The molecule has 0 saturated heterocycles. The molecule has 0 aliphatic heterocycles. The molecule has 0 bridgehead atoms. The largest absolute Gasteiger partial charge is 0.490 e. The van der Waals surface area contributed by atoms with Crippen molar-refractivity contribution in [2.75, 3.05) is 7.11 Å². The Bertz CT molecular complexity index is 696. The fraction of sp³-hybridized carbons (Fsp3) is 0.118. The van der Waals surface area contributed by atoms with E-state index in [1.165, 1.54) is 18.6 Å². The maximum Gasteiger partial charge on any atom is 0.371 e. The highest BCUT2D eigenvalue weighted by Crippen LogP contribution is 2.21. The molecule has 0 aliphatic carbocycles. The lowest BCUT2D eigenvalue weighted by atomic mass is 10.0.